The topological polar surface area (TPSA) is 55.8 Å². The molecule has 0 radical (unpaired) electrons. The number of nitrogens with one attached hydrogen (secondary N) is 1. The maximum atomic E-state index is 12.0. The van der Waals surface area contributed by atoms with Gasteiger partial charge in [-0.05, 0) is 57.5 Å². The number of aliphatic hydroxyl groups excluding tert-OH is 1. The number of nitrogens with zero attached hydrogens (tertiary/aromatic N) is 2. The van der Waals surface area contributed by atoms with E-state index in [2.05, 4.69) is 10.2 Å². The molecular weight excluding hydrogens is 266 g/mol. The molecule has 1 amide bonds. The van der Waals surface area contributed by atoms with E-state index in [1.807, 2.05) is 11.8 Å². The summed E-state index contributed by atoms with van der Waals surface area (Å²) in [6.45, 7) is 7.62. The van der Waals surface area contributed by atoms with Crippen LogP contribution in [-0.2, 0) is 4.79 Å². The average molecular weight is 295 g/mol. The van der Waals surface area contributed by atoms with Crippen molar-refractivity contribution in [3.8, 4) is 0 Å². The van der Waals surface area contributed by atoms with E-state index in [0.29, 0.717) is 5.41 Å². The summed E-state index contributed by atoms with van der Waals surface area (Å²) in [7, 11) is 0. The second-order valence-corrected chi connectivity index (χ2v) is 7.14. The van der Waals surface area contributed by atoms with Crippen molar-refractivity contribution >= 4 is 5.91 Å². The lowest BCUT2D eigenvalue weighted by molar-refractivity contribution is -0.135. The molecule has 3 fully saturated rings. The van der Waals surface area contributed by atoms with Gasteiger partial charge in [-0.1, -0.05) is 0 Å². The van der Waals surface area contributed by atoms with E-state index in [9.17, 15) is 9.90 Å². The first-order chi connectivity index (χ1) is 10.1. The maximum absolute atomic E-state index is 12.0. The molecule has 3 rings (SSSR count). The van der Waals surface area contributed by atoms with Crippen LogP contribution >= 0.6 is 0 Å². The molecule has 2 saturated heterocycles. The highest BCUT2D eigenvalue weighted by Crippen LogP contribution is 2.53. The van der Waals surface area contributed by atoms with E-state index in [4.69, 9.17) is 0 Å². The van der Waals surface area contributed by atoms with Gasteiger partial charge >= 0.3 is 0 Å². The standard InChI is InChI=1S/C16H29N3O2/c1-13-15(21)19(11-7-17-13)9-3-2-8-18-10-6-16(4-5-16)14(20)12-18/h13-14,17,20H,2-12H2,1H3/t13-,14+/m0/s1. The minimum atomic E-state index is -0.109. The molecule has 3 aliphatic rings. The molecule has 0 aromatic rings. The molecule has 1 saturated carbocycles. The van der Waals surface area contributed by atoms with Gasteiger partial charge in [0, 0.05) is 26.2 Å². The second-order valence-electron chi connectivity index (χ2n) is 7.14. The number of carbonyl (C=O) groups is 1. The number of unbranched alkanes of at least 4 members (excludes halogenated alkanes) is 1. The number of likely N-dealkylation sites (tertiary alicyclic amines) is 1. The van der Waals surface area contributed by atoms with Gasteiger partial charge < -0.3 is 20.2 Å². The number of aliphatic hydroxyl groups is 1. The Morgan fingerprint density at radius 3 is 2.71 bits per heavy atom. The van der Waals surface area contributed by atoms with Crippen LogP contribution in [0.2, 0.25) is 0 Å². The first-order valence-corrected chi connectivity index (χ1v) is 8.53. The zero-order valence-electron chi connectivity index (χ0n) is 13.2. The summed E-state index contributed by atoms with van der Waals surface area (Å²) in [5, 5.41) is 13.4. The predicted octanol–water partition coefficient (Wildman–Crippen LogP) is 0.434. The molecule has 2 heterocycles. The molecule has 120 valence electrons. The molecule has 2 aliphatic heterocycles. The van der Waals surface area contributed by atoms with Gasteiger partial charge in [-0.25, -0.2) is 0 Å². The van der Waals surface area contributed by atoms with Crippen LogP contribution in [0.3, 0.4) is 0 Å². The third kappa shape index (κ3) is 3.41. The average Bonchev–Trinajstić information content (AvgIpc) is 3.24. The van der Waals surface area contributed by atoms with Crippen molar-refractivity contribution in [2.45, 2.75) is 51.2 Å². The van der Waals surface area contributed by atoms with Crippen molar-refractivity contribution in [3.05, 3.63) is 0 Å². The van der Waals surface area contributed by atoms with Crippen molar-refractivity contribution in [2.75, 3.05) is 39.3 Å². The quantitative estimate of drug-likeness (QED) is 0.723. The monoisotopic (exact) mass is 295 g/mol. The van der Waals surface area contributed by atoms with Crippen molar-refractivity contribution < 1.29 is 9.90 Å². The van der Waals surface area contributed by atoms with Crippen LogP contribution in [-0.4, -0.2) is 72.2 Å². The zero-order chi connectivity index (χ0) is 14.9. The SMILES string of the molecule is C[C@@H]1NCCN(CCCCN2CCC3(CC3)[C@H](O)C2)C1=O. The Kier molecular flexibility index (Phi) is 4.52. The maximum Gasteiger partial charge on any atom is 0.239 e. The summed E-state index contributed by atoms with van der Waals surface area (Å²) in [5.74, 6) is 0.241. The zero-order valence-corrected chi connectivity index (χ0v) is 13.2. The van der Waals surface area contributed by atoms with Crippen LogP contribution in [0.1, 0.15) is 39.0 Å². The summed E-state index contributed by atoms with van der Waals surface area (Å²) in [4.78, 5) is 16.4. The summed E-state index contributed by atoms with van der Waals surface area (Å²) < 4.78 is 0. The van der Waals surface area contributed by atoms with E-state index >= 15 is 0 Å². The van der Waals surface area contributed by atoms with Gasteiger partial charge in [0.1, 0.15) is 0 Å². The van der Waals surface area contributed by atoms with Gasteiger partial charge in [0.05, 0.1) is 12.1 Å². The van der Waals surface area contributed by atoms with Gasteiger partial charge in [-0.15, -0.1) is 0 Å². The fraction of sp³-hybridized carbons (Fsp3) is 0.938. The molecule has 0 aromatic heterocycles. The van der Waals surface area contributed by atoms with Crippen LogP contribution in [0, 0.1) is 5.41 Å². The van der Waals surface area contributed by atoms with Gasteiger partial charge in [0.15, 0.2) is 0 Å². The Labute approximate surface area is 127 Å². The van der Waals surface area contributed by atoms with E-state index in [1.54, 1.807) is 0 Å². The highest BCUT2D eigenvalue weighted by Gasteiger charge is 2.50. The Morgan fingerprint density at radius 2 is 2.00 bits per heavy atom. The van der Waals surface area contributed by atoms with Gasteiger partial charge in [0.25, 0.3) is 0 Å². The third-order valence-electron chi connectivity index (χ3n) is 5.62. The molecule has 0 aromatic carbocycles. The summed E-state index contributed by atoms with van der Waals surface area (Å²) in [6, 6.07) is -0.0225. The fourth-order valence-corrected chi connectivity index (χ4v) is 3.77. The Hall–Kier alpha value is -0.650. The predicted molar refractivity (Wildman–Crippen MR) is 82.0 cm³/mol. The van der Waals surface area contributed by atoms with E-state index in [0.717, 1.165) is 52.1 Å². The molecule has 21 heavy (non-hydrogen) atoms. The van der Waals surface area contributed by atoms with Crippen molar-refractivity contribution in [1.82, 2.24) is 15.1 Å². The number of piperidine rings is 1. The third-order valence-corrected chi connectivity index (χ3v) is 5.62. The lowest BCUT2D eigenvalue weighted by atomic mass is 9.90. The van der Waals surface area contributed by atoms with E-state index in [1.165, 1.54) is 19.3 Å². The summed E-state index contributed by atoms with van der Waals surface area (Å²) in [5.41, 5.74) is 0.305. The Morgan fingerprint density at radius 1 is 1.24 bits per heavy atom. The van der Waals surface area contributed by atoms with Crippen LogP contribution < -0.4 is 5.32 Å². The minimum Gasteiger partial charge on any atom is -0.391 e. The molecular formula is C16H29N3O2. The van der Waals surface area contributed by atoms with Crippen molar-refractivity contribution in [3.63, 3.8) is 0 Å². The van der Waals surface area contributed by atoms with Crippen molar-refractivity contribution in [2.24, 2.45) is 5.41 Å². The molecule has 5 nitrogen and oxygen atoms in total. The van der Waals surface area contributed by atoms with Crippen LogP contribution in [0.4, 0.5) is 0 Å². The molecule has 0 unspecified atom stereocenters. The van der Waals surface area contributed by atoms with E-state index < -0.39 is 0 Å². The normalized spacial score (nSPS) is 32.7. The number of hydrogen-bond acceptors (Lipinski definition) is 4. The molecule has 2 N–H and O–H groups in total. The van der Waals surface area contributed by atoms with Gasteiger partial charge in [-0.2, -0.15) is 0 Å². The highest BCUT2D eigenvalue weighted by atomic mass is 16.3. The second kappa shape index (κ2) is 6.23. The first kappa shape index (κ1) is 15.3. The number of hydrogen-bond donors (Lipinski definition) is 2. The molecule has 0 bridgehead atoms. The van der Waals surface area contributed by atoms with Gasteiger partial charge in [0.2, 0.25) is 5.91 Å². The molecule has 5 heteroatoms. The number of piperazine rings is 1. The number of β-amino-alcohol motifs (C(OH)–C–C–N with tert-alkyl or cyclic N) is 1. The lowest BCUT2D eigenvalue weighted by Gasteiger charge is -2.36. The fourth-order valence-electron chi connectivity index (χ4n) is 3.77. The molecule has 1 spiro atoms. The Balaban J connectivity index is 1.32. The van der Waals surface area contributed by atoms with E-state index in [-0.39, 0.29) is 18.1 Å². The van der Waals surface area contributed by atoms with Crippen LogP contribution in [0.5, 0.6) is 0 Å². The number of rotatable bonds is 5. The van der Waals surface area contributed by atoms with Gasteiger partial charge in [-0.3, -0.25) is 4.79 Å². The molecule has 2 atom stereocenters. The highest BCUT2D eigenvalue weighted by molar-refractivity contribution is 5.82. The van der Waals surface area contributed by atoms with Crippen molar-refractivity contribution in [1.29, 1.82) is 0 Å². The number of carbonyl (C=O) groups excluding carboxylic acids is 1. The Bertz CT molecular complexity index is 384. The minimum absolute atomic E-state index is 0.0225. The molecule has 1 aliphatic carbocycles. The van der Waals surface area contributed by atoms with Crippen LogP contribution in [0.25, 0.3) is 0 Å². The summed E-state index contributed by atoms with van der Waals surface area (Å²) in [6.07, 6.45) is 5.70. The summed E-state index contributed by atoms with van der Waals surface area (Å²) >= 11 is 0. The smallest absolute Gasteiger partial charge is 0.239 e. The largest absolute Gasteiger partial charge is 0.391 e. The number of amides is 1. The van der Waals surface area contributed by atoms with Crippen LogP contribution in [0.15, 0.2) is 0 Å². The lowest BCUT2D eigenvalue weighted by Crippen LogP contribution is -2.53. The first-order valence-electron chi connectivity index (χ1n) is 8.53.